The second-order valence-corrected chi connectivity index (χ2v) is 5.18. The fourth-order valence-electron chi connectivity index (χ4n) is 1.82. The molecule has 0 N–H and O–H groups in total. The monoisotopic (exact) mass is 290 g/mol. The molecule has 0 radical (unpaired) electrons. The number of thiophene rings is 1. The van der Waals surface area contributed by atoms with E-state index in [1.807, 2.05) is 48.7 Å². The quantitative estimate of drug-likeness (QED) is 0.540. The highest BCUT2D eigenvalue weighted by Crippen LogP contribution is 2.26. The molecule has 0 aliphatic rings. The van der Waals surface area contributed by atoms with Crippen LogP contribution >= 0.6 is 11.3 Å². The van der Waals surface area contributed by atoms with Crippen LogP contribution in [0.25, 0.3) is 0 Å². The summed E-state index contributed by atoms with van der Waals surface area (Å²) < 4.78 is 11.2. The summed E-state index contributed by atoms with van der Waals surface area (Å²) in [5.41, 5.74) is 0. The van der Waals surface area contributed by atoms with E-state index in [0.29, 0.717) is 26.1 Å². The van der Waals surface area contributed by atoms with E-state index in [1.165, 1.54) is 11.3 Å². The molecule has 0 amide bonds. The normalized spacial score (nSPS) is 10.2. The van der Waals surface area contributed by atoms with Crippen molar-refractivity contribution in [3.05, 3.63) is 46.7 Å². The highest BCUT2D eigenvalue weighted by molar-refractivity contribution is 7.12. The number of Topliss-reactive ketones (excluding diaryl/α,β-unsaturated/α-hetero) is 1. The lowest BCUT2D eigenvalue weighted by molar-refractivity contribution is 0.0977. The SMILES string of the molecule is CCOc1ccccc1OCCCC(=O)c1cccs1. The molecule has 2 rings (SSSR count). The molecule has 4 heteroatoms. The fourth-order valence-corrected chi connectivity index (χ4v) is 2.51. The highest BCUT2D eigenvalue weighted by atomic mass is 32.1. The van der Waals surface area contributed by atoms with Gasteiger partial charge in [0, 0.05) is 6.42 Å². The molecule has 0 bridgehead atoms. The number of ether oxygens (including phenoxy) is 2. The number of carbonyl (C=O) groups excluding carboxylic acids is 1. The predicted molar refractivity (Wildman–Crippen MR) is 81.0 cm³/mol. The van der Waals surface area contributed by atoms with Crippen molar-refractivity contribution >= 4 is 17.1 Å². The van der Waals surface area contributed by atoms with Gasteiger partial charge in [-0.1, -0.05) is 18.2 Å². The summed E-state index contributed by atoms with van der Waals surface area (Å²) >= 11 is 1.48. The molecule has 106 valence electrons. The van der Waals surface area contributed by atoms with Gasteiger partial charge in [-0.25, -0.2) is 0 Å². The van der Waals surface area contributed by atoms with Gasteiger partial charge in [0.15, 0.2) is 17.3 Å². The van der Waals surface area contributed by atoms with Gasteiger partial charge >= 0.3 is 0 Å². The van der Waals surface area contributed by atoms with Crippen LogP contribution in [0.3, 0.4) is 0 Å². The summed E-state index contributed by atoms with van der Waals surface area (Å²) in [4.78, 5) is 12.6. The van der Waals surface area contributed by atoms with Crippen molar-refractivity contribution in [2.75, 3.05) is 13.2 Å². The molecule has 0 aliphatic heterocycles. The number of hydrogen-bond acceptors (Lipinski definition) is 4. The van der Waals surface area contributed by atoms with Crippen LogP contribution in [0.2, 0.25) is 0 Å². The van der Waals surface area contributed by atoms with Gasteiger partial charge in [0.1, 0.15) is 0 Å². The Kier molecular flexibility index (Phi) is 5.62. The minimum absolute atomic E-state index is 0.182. The number of hydrogen-bond donors (Lipinski definition) is 0. The van der Waals surface area contributed by atoms with E-state index in [0.717, 1.165) is 16.4 Å². The molecule has 1 heterocycles. The van der Waals surface area contributed by atoms with Crippen LogP contribution in [-0.4, -0.2) is 19.0 Å². The fraction of sp³-hybridized carbons (Fsp3) is 0.312. The average Bonchev–Trinajstić information content (AvgIpc) is 2.99. The zero-order valence-corrected chi connectivity index (χ0v) is 12.3. The Labute approximate surface area is 123 Å². The number of carbonyl (C=O) groups is 1. The van der Waals surface area contributed by atoms with E-state index in [1.54, 1.807) is 0 Å². The molecule has 0 aliphatic carbocycles. The van der Waals surface area contributed by atoms with E-state index in [2.05, 4.69) is 0 Å². The van der Waals surface area contributed by atoms with Crippen LogP contribution in [-0.2, 0) is 0 Å². The van der Waals surface area contributed by atoms with Gasteiger partial charge < -0.3 is 9.47 Å². The van der Waals surface area contributed by atoms with Gasteiger partial charge in [-0.2, -0.15) is 0 Å². The molecular formula is C16H18O3S. The smallest absolute Gasteiger partial charge is 0.172 e. The first-order valence-electron chi connectivity index (χ1n) is 6.72. The van der Waals surface area contributed by atoms with Crippen molar-refractivity contribution in [2.45, 2.75) is 19.8 Å². The summed E-state index contributed by atoms with van der Waals surface area (Å²) in [6.07, 6.45) is 1.22. The molecule has 3 nitrogen and oxygen atoms in total. The molecule has 2 aromatic rings. The maximum absolute atomic E-state index is 11.8. The lowest BCUT2D eigenvalue weighted by Gasteiger charge is -2.11. The molecule has 0 fully saturated rings. The first-order valence-corrected chi connectivity index (χ1v) is 7.60. The van der Waals surface area contributed by atoms with Gasteiger partial charge in [-0.05, 0) is 36.9 Å². The maximum Gasteiger partial charge on any atom is 0.172 e. The molecule has 1 aromatic carbocycles. The van der Waals surface area contributed by atoms with Crippen molar-refractivity contribution < 1.29 is 14.3 Å². The van der Waals surface area contributed by atoms with E-state index >= 15 is 0 Å². The summed E-state index contributed by atoms with van der Waals surface area (Å²) in [6, 6.07) is 11.3. The van der Waals surface area contributed by atoms with Crippen LogP contribution in [0.4, 0.5) is 0 Å². The zero-order chi connectivity index (χ0) is 14.2. The molecular weight excluding hydrogens is 272 g/mol. The van der Waals surface area contributed by atoms with Crippen LogP contribution in [0, 0.1) is 0 Å². The third-order valence-electron chi connectivity index (χ3n) is 2.75. The Morgan fingerprint density at radius 2 is 1.85 bits per heavy atom. The Morgan fingerprint density at radius 1 is 1.10 bits per heavy atom. The highest BCUT2D eigenvalue weighted by Gasteiger charge is 2.07. The minimum atomic E-state index is 0.182. The van der Waals surface area contributed by atoms with Gasteiger partial charge in [-0.15, -0.1) is 11.3 Å². The third kappa shape index (κ3) is 4.10. The van der Waals surface area contributed by atoms with Crippen molar-refractivity contribution in [3.63, 3.8) is 0 Å². The average molecular weight is 290 g/mol. The van der Waals surface area contributed by atoms with Crippen molar-refractivity contribution in [3.8, 4) is 11.5 Å². The van der Waals surface area contributed by atoms with Crippen LogP contribution in [0.1, 0.15) is 29.4 Å². The van der Waals surface area contributed by atoms with E-state index in [4.69, 9.17) is 9.47 Å². The minimum Gasteiger partial charge on any atom is -0.490 e. The lowest BCUT2D eigenvalue weighted by Crippen LogP contribution is -2.04. The van der Waals surface area contributed by atoms with E-state index < -0.39 is 0 Å². The molecule has 20 heavy (non-hydrogen) atoms. The van der Waals surface area contributed by atoms with Crippen molar-refractivity contribution in [1.29, 1.82) is 0 Å². The number of benzene rings is 1. The number of rotatable bonds is 8. The lowest BCUT2D eigenvalue weighted by atomic mass is 10.2. The maximum atomic E-state index is 11.8. The van der Waals surface area contributed by atoms with Gasteiger partial charge in [0.2, 0.25) is 0 Å². The molecule has 1 aromatic heterocycles. The predicted octanol–water partition coefficient (Wildman–Crippen LogP) is 4.19. The first-order chi connectivity index (χ1) is 9.81. The number of ketones is 1. The van der Waals surface area contributed by atoms with Crippen molar-refractivity contribution in [2.24, 2.45) is 0 Å². The standard InChI is InChI=1S/C16H18O3S/c1-2-18-14-8-3-4-9-15(14)19-11-5-7-13(17)16-10-6-12-20-16/h3-4,6,8-10,12H,2,5,7,11H2,1H3. The summed E-state index contributed by atoms with van der Waals surface area (Å²) in [6.45, 7) is 3.06. The summed E-state index contributed by atoms with van der Waals surface area (Å²) in [5.74, 6) is 1.67. The van der Waals surface area contributed by atoms with E-state index in [-0.39, 0.29) is 5.78 Å². The molecule has 0 spiro atoms. The first kappa shape index (κ1) is 14.6. The summed E-state index contributed by atoms with van der Waals surface area (Å²) in [7, 11) is 0. The van der Waals surface area contributed by atoms with E-state index in [9.17, 15) is 4.79 Å². The Balaban J connectivity index is 1.77. The Morgan fingerprint density at radius 3 is 2.50 bits per heavy atom. The number of para-hydroxylation sites is 2. The van der Waals surface area contributed by atoms with Crippen LogP contribution < -0.4 is 9.47 Å². The van der Waals surface area contributed by atoms with Gasteiger partial charge in [0.25, 0.3) is 0 Å². The molecule has 0 saturated carbocycles. The largest absolute Gasteiger partial charge is 0.490 e. The molecule has 0 atom stereocenters. The van der Waals surface area contributed by atoms with Crippen LogP contribution in [0.15, 0.2) is 41.8 Å². The van der Waals surface area contributed by atoms with Crippen LogP contribution in [0.5, 0.6) is 11.5 Å². The van der Waals surface area contributed by atoms with Crippen molar-refractivity contribution in [1.82, 2.24) is 0 Å². The Bertz CT molecular complexity index is 534. The molecule has 0 unspecified atom stereocenters. The second-order valence-electron chi connectivity index (χ2n) is 4.23. The van der Waals surface area contributed by atoms with Gasteiger partial charge in [0.05, 0.1) is 18.1 Å². The second kappa shape index (κ2) is 7.70. The topological polar surface area (TPSA) is 35.5 Å². The molecule has 0 saturated heterocycles. The Hall–Kier alpha value is -1.81. The van der Waals surface area contributed by atoms with Gasteiger partial charge in [-0.3, -0.25) is 4.79 Å². The zero-order valence-electron chi connectivity index (χ0n) is 11.5. The third-order valence-corrected chi connectivity index (χ3v) is 3.66. The summed E-state index contributed by atoms with van der Waals surface area (Å²) in [5, 5.41) is 1.92.